The van der Waals surface area contributed by atoms with Gasteiger partial charge >= 0.3 is 17.9 Å². The Morgan fingerprint density at radius 3 is 1.17 bits per heavy atom. The van der Waals surface area contributed by atoms with E-state index in [1.165, 1.54) is 128 Å². The van der Waals surface area contributed by atoms with Crippen LogP contribution in [0.5, 0.6) is 0 Å². The van der Waals surface area contributed by atoms with Gasteiger partial charge in [0.2, 0.25) is 0 Å². The van der Waals surface area contributed by atoms with E-state index in [1.54, 1.807) is 0 Å². The molecule has 2 aliphatic carbocycles. The molecule has 60 heavy (non-hydrogen) atoms. The highest BCUT2D eigenvalue weighted by molar-refractivity contribution is 8.00. The zero-order valence-electron chi connectivity index (χ0n) is 39.7. The summed E-state index contributed by atoms with van der Waals surface area (Å²) in [6.45, 7) is 5.36. The van der Waals surface area contributed by atoms with Crippen LogP contribution >= 0.6 is 23.5 Å². The molecule has 9 heteroatoms. The lowest BCUT2D eigenvalue weighted by Gasteiger charge is -2.25. The van der Waals surface area contributed by atoms with Gasteiger partial charge < -0.3 is 19.1 Å². The van der Waals surface area contributed by atoms with Crippen LogP contribution in [0.15, 0.2) is 0 Å². The maximum atomic E-state index is 13.0. The molecule has 0 spiro atoms. The van der Waals surface area contributed by atoms with Crippen molar-refractivity contribution >= 4 is 41.4 Å². The fourth-order valence-electron chi connectivity index (χ4n) is 8.78. The summed E-state index contributed by atoms with van der Waals surface area (Å²) >= 11 is 4.05. The summed E-state index contributed by atoms with van der Waals surface area (Å²) in [6, 6.07) is 0. The van der Waals surface area contributed by atoms with Crippen molar-refractivity contribution < 1.29 is 28.6 Å². The minimum absolute atomic E-state index is 0.0266. The molecule has 0 aromatic rings. The highest BCUT2D eigenvalue weighted by atomic mass is 32.2. The lowest BCUT2D eigenvalue weighted by atomic mass is 10.0. The summed E-state index contributed by atoms with van der Waals surface area (Å²) in [4.78, 5) is 41.1. The topological polar surface area (TPSA) is 82.1 Å². The summed E-state index contributed by atoms with van der Waals surface area (Å²) in [5.41, 5.74) is 0. The molecular weight excluding hydrogens is 787 g/mol. The van der Waals surface area contributed by atoms with Crippen molar-refractivity contribution in [2.24, 2.45) is 0 Å². The number of unbranched alkanes of at least 4 members (excludes halogenated alkanes) is 14. The Bertz CT molecular complexity index is 967. The Balaban J connectivity index is 1.90. The first-order valence-electron chi connectivity index (χ1n) is 25.7. The van der Waals surface area contributed by atoms with Crippen molar-refractivity contribution in [3.05, 3.63) is 0 Å². The first-order chi connectivity index (χ1) is 29.3. The molecule has 2 rings (SSSR count). The Kier molecular flexibility index (Phi) is 35.4. The van der Waals surface area contributed by atoms with Gasteiger partial charge in [-0.2, -0.15) is 23.5 Å². The van der Waals surface area contributed by atoms with Gasteiger partial charge in [0.05, 0.1) is 0 Å². The van der Waals surface area contributed by atoms with E-state index in [0.29, 0.717) is 29.8 Å². The molecule has 352 valence electrons. The summed E-state index contributed by atoms with van der Waals surface area (Å²) in [5.74, 6) is 1.63. The van der Waals surface area contributed by atoms with Crippen molar-refractivity contribution in [2.75, 3.05) is 32.1 Å². The molecule has 0 radical (unpaired) electrons. The van der Waals surface area contributed by atoms with Crippen molar-refractivity contribution in [3.8, 4) is 0 Å². The van der Waals surface area contributed by atoms with Gasteiger partial charge in [0, 0.05) is 41.3 Å². The van der Waals surface area contributed by atoms with Gasteiger partial charge in [-0.1, -0.05) is 129 Å². The molecule has 0 aromatic heterocycles. The fourth-order valence-corrected chi connectivity index (χ4v) is 11.6. The van der Waals surface area contributed by atoms with Crippen LogP contribution in [0.25, 0.3) is 0 Å². The van der Waals surface area contributed by atoms with E-state index in [-0.39, 0.29) is 36.2 Å². The van der Waals surface area contributed by atoms with Crippen LogP contribution in [0.1, 0.15) is 245 Å². The zero-order chi connectivity index (χ0) is 43.3. The number of hydrogen-bond acceptors (Lipinski definition) is 9. The molecule has 0 saturated heterocycles. The zero-order valence-corrected chi connectivity index (χ0v) is 41.3. The molecule has 0 bridgehead atoms. The van der Waals surface area contributed by atoms with Crippen LogP contribution < -0.4 is 0 Å². The molecular formula is C51H95NO6S2. The lowest BCUT2D eigenvalue weighted by molar-refractivity contribution is -0.151. The largest absolute Gasteiger partial charge is 0.462 e. The van der Waals surface area contributed by atoms with Crippen LogP contribution in [0.3, 0.4) is 0 Å². The quantitative estimate of drug-likeness (QED) is 0.0340. The van der Waals surface area contributed by atoms with Crippen LogP contribution in [0.4, 0.5) is 0 Å². The molecule has 2 fully saturated rings. The Morgan fingerprint density at radius 2 is 0.783 bits per heavy atom. The third kappa shape index (κ3) is 31.8. The second-order valence-corrected chi connectivity index (χ2v) is 21.4. The van der Waals surface area contributed by atoms with Gasteiger partial charge in [-0.25, -0.2) is 0 Å². The van der Waals surface area contributed by atoms with E-state index in [9.17, 15) is 14.4 Å². The van der Waals surface area contributed by atoms with Crippen LogP contribution in [-0.2, 0) is 28.6 Å². The van der Waals surface area contributed by atoms with Crippen LogP contribution in [0.2, 0.25) is 0 Å². The van der Waals surface area contributed by atoms with Gasteiger partial charge in [0.15, 0.2) is 0 Å². The molecule has 2 atom stereocenters. The number of carbonyl (C=O) groups is 3. The molecule has 7 nitrogen and oxygen atoms in total. The van der Waals surface area contributed by atoms with Gasteiger partial charge in [-0.05, 0) is 117 Å². The first-order valence-corrected chi connectivity index (χ1v) is 27.8. The van der Waals surface area contributed by atoms with E-state index in [4.69, 9.17) is 14.2 Å². The summed E-state index contributed by atoms with van der Waals surface area (Å²) < 4.78 is 18.5. The van der Waals surface area contributed by atoms with E-state index in [0.717, 1.165) is 102 Å². The fraction of sp³-hybridized carbons (Fsp3) is 0.941. The van der Waals surface area contributed by atoms with Gasteiger partial charge in [0.25, 0.3) is 0 Å². The maximum Gasteiger partial charge on any atom is 0.306 e. The number of nitrogens with zero attached hydrogens (tertiary/aromatic N) is 1. The van der Waals surface area contributed by atoms with Crippen molar-refractivity contribution in [2.45, 2.75) is 274 Å². The summed E-state index contributed by atoms with van der Waals surface area (Å²) in [7, 11) is 4.07. The number of esters is 3. The number of rotatable bonds is 39. The van der Waals surface area contributed by atoms with Gasteiger partial charge in [-0.15, -0.1) is 0 Å². The number of carbonyl (C=O) groups excluding carboxylic acids is 3. The Hall–Kier alpha value is -0.930. The third-order valence-electron chi connectivity index (χ3n) is 12.6. The molecule has 2 aliphatic rings. The molecule has 2 unspecified atom stereocenters. The number of hydrogen-bond donors (Lipinski definition) is 0. The third-order valence-corrected chi connectivity index (χ3v) is 15.6. The van der Waals surface area contributed by atoms with Gasteiger partial charge in [-0.3, -0.25) is 14.4 Å². The molecule has 0 amide bonds. The minimum Gasteiger partial charge on any atom is -0.462 e. The summed E-state index contributed by atoms with van der Waals surface area (Å²) in [6.07, 6.45) is 39.2. The smallest absolute Gasteiger partial charge is 0.306 e. The summed E-state index contributed by atoms with van der Waals surface area (Å²) in [5, 5.41) is 1.39. The standard InChI is InChI=1S/C51H95NO6S2/c1-5-7-9-11-13-15-23-38-49(53)57-45(42-59-47-34-19-17-20-35-47)32-27-25-30-44(56-51(55)40-29-41-52(3)4)31-26-28-33-46(43-60-48-36-21-18-22-37-48)58-50(54)39-24-16-14-12-10-8-6-2/h44-48H,5-43H2,1-4H3. The van der Waals surface area contributed by atoms with E-state index >= 15 is 0 Å². The lowest BCUT2D eigenvalue weighted by Crippen LogP contribution is -2.24. The molecule has 0 N–H and O–H groups in total. The monoisotopic (exact) mass is 882 g/mol. The Labute approximate surface area is 379 Å². The Morgan fingerprint density at radius 1 is 0.450 bits per heavy atom. The predicted molar refractivity (Wildman–Crippen MR) is 258 cm³/mol. The van der Waals surface area contributed by atoms with E-state index in [2.05, 4.69) is 18.7 Å². The first kappa shape index (κ1) is 55.2. The van der Waals surface area contributed by atoms with Crippen molar-refractivity contribution in [1.29, 1.82) is 0 Å². The highest BCUT2D eigenvalue weighted by Crippen LogP contribution is 2.31. The second kappa shape index (κ2) is 38.5. The molecule has 2 saturated carbocycles. The minimum atomic E-state index is -0.110. The van der Waals surface area contributed by atoms with Crippen molar-refractivity contribution in [3.63, 3.8) is 0 Å². The van der Waals surface area contributed by atoms with Crippen molar-refractivity contribution in [1.82, 2.24) is 4.90 Å². The van der Waals surface area contributed by atoms with E-state index in [1.807, 2.05) is 37.6 Å². The normalized spacial score (nSPS) is 16.8. The predicted octanol–water partition coefficient (Wildman–Crippen LogP) is 14.6. The van der Waals surface area contributed by atoms with E-state index < -0.39 is 0 Å². The molecule has 0 heterocycles. The molecule has 0 aliphatic heterocycles. The number of ether oxygens (including phenoxy) is 3. The van der Waals surface area contributed by atoms with Crippen LogP contribution in [-0.4, -0.2) is 83.8 Å². The second-order valence-electron chi connectivity index (χ2n) is 18.7. The maximum absolute atomic E-state index is 13.0. The van der Waals surface area contributed by atoms with Gasteiger partial charge in [0.1, 0.15) is 18.3 Å². The average molecular weight is 882 g/mol. The van der Waals surface area contributed by atoms with Crippen LogP contribution in [0, 0.1) is 0 Å². The average Bonchev–Trinajstić information content (AvgIpc) is 3.24. The molecule has 0 aromatic carbocycles. The highest BCUT2D eigenvalue weighted by Gasteiger charge is 2.23. The SMILES string of the molecule is CCCCCCCCCC(=O)OC(CCCCC(CCCCC(CSC1CCCCC1)OC(=O)CCCCCCCCC)OC(=O)CCCN(C)C)CSC1CCCCC1. The number of thioether (sulfide) groups is 2.